The Morgan fingerprint density at radius 2 is 1.48 bits per heavy atom. The highest BCUT2D eigenvalue weighted by Crippen LogP contribution is 2.40. The van der Waals surface area contributed by atoms with Crippen molar-refractivity contribution in [2.75, 3.05) is 6.26 Å². The lowest BCUT2D eigenvalue weighted by Crippen LogP contribution is -2.17. The number of hydrogen-bond acceptors (Lipinski definition) is 4. The predicted octanol–water partition coefficient (Wildman–Crippen LogP) is 3.90. The molecule has 1 rings (SSSR count). The molecule has 0 spiro atoms. The van der Waals surface area contributed by atoms with Crippen LogP contribution in [0.5, 0.6) is 5.75 Å². The van der Waals surface area contributed by atoms with Crippen molar-refractivity contribution >= 4 is 15.9 Å². The van der Waals surface area contributed by atoms with Crippen LogP contribution in [0.4, 0.5) is 0 Å². The molecule has 0 aliphatic heterocycles. The van der Waals surface area contributed by atoms with Crippen molar-refractivity contribution in [3.63, 3.8) is 0 Å². The van der Waals surface area contributed by atoms with Crippen LogP contribution in [0.3, 0.4) is 0 Å². The van der Waals surface area contributed by atoms with Crippen molar-refractivity contribution in [1.29, 1.82) is 5.26 Å². The molecule has 23 heavy (non-hydrogen) atoms. The van der Waals surface area contributed by atoms with E-state index < -0.39 is 9.84 Å². The van der Waals surface area contributed by atoms with Crippen molar-refractivity contribution in [3.05, 3.63) is 33.7 Å². The first-order valence-electron chi connectivity index (χ1n) is 7.37. The Labute approximate surface area is 139 Å². The summed E-state index contributed by atoms with van der Waals surface area (Å²) in [5.41, 5.74) is 1.42. The average Bonchev–Trinajstić information content (AvgIpc) is 2.32. The number of rotatable bonds is 2. The zero-order valence-corrected chi connectivity index (χ0v) is 15.7. The topological polar surface area (TPSA) is 78.2 Å². The normalized spacial score (nSPS) is 13.7. The molecule has 0 heterocycles. The molecule has 0 radical (unpaired) electrons. The Bertz CT molecular complexity index is 748. The van der Waals surface area contributed by atoms with E-state index in [-0.39, 0.29) is 21.5 Å². The molecule has 0 aliphatic carbocycles. The highest BCUT2D eigenvalue weighted by molar-refractivity contribution is 7.95. The molecule has 5 heteroatoms. The summed E-state index contributed by atoms with van der Waals surface area (Å²) in [6.45, 7) is 11.9. The van der Waals surface area contributed by atoms with Gasteiger partial charge < -0.3 is 5.11 Å². The Morgan fingerprint density at radius 3 is 1.74 bits per heavy atom. The smallest absolute Gasteiger partial charge is 0.185 e. The van der Waals surface area contributed by atoms with Crippen LogP contribution in [0.15, 0.2) is 17.0 Å². The van der Waals surface area contributed by atoms with E-state index in [2.05, 4.69) is 0 Å². The third-order valence-corrected chi connectivity index (χ3v) is 4.56. The van der Waals surface area contributed by atoms with Gasteiger partial charge in [-0.05, 0) is 34.6 Å². The summed E-state index contributed by atoms with van der Waals surface area (Å²) in [6.07, 6.45) is 2.37. The van der Waals surface area contributed by atoms with Crippen LogP contribution in [-0.2, 0) is 20.7 Å². The number of nitriles is 1. The van der Waals surface area contributed by atoms with Gasteiger partial charge in [0, 0.05) is 17.4 Å². The number of nitrogens with zero attached hydrogens (tertiary/aromatic N) is 1. The molecule has 1 aromatic rings. The molecule has 0 saturated carbocycles. The first-order chi connectivity index (χ1) is 10.2. The van der Waals surface area contributed by atoms with Crippen LogP contribution in [0, 0.1) is 11.3 Å². The molecule has 0 unspecified atom stereocenters. The second-order valence-electron chi connectivity index (χ2n) is 7.86. The lowest BCUT2D eigenvalue weighted by molar-refractivity contribution is 0.423. The van der Waals surface area contributed by atoms with Gasteiger partial charge in [0.1, 0.15) is 16.7 Å². The third-order valence-electron chi connectivity index (χ3n) is 3.56. The molecule has 0 aromatic heterocycles. The van der Waals surface area contributed by atoms with Gasteiger partial charge in [-0.3, -0.25) is 0 Å². The maximum Gasteiger partial charge on any atom is 0.185 e. The van der Waals surface area contributed by atoms with Crippen LogP contribution in [0.1, 0.15) is 58.2 Å². The number of benzene rings is 1. The molecular formula is C18H25NO3S. The molecule has 0 saturated heterocycles. The van der Waals surface area contributed by atoms with E-state index in [9.17, 15) is 13.5 Å². The van der Waals surface area contributed by atoms with Gasteiger partial charge in [0.15, 0.2) is 9.84 Å². The Hall–Kier alpha value is -1.80. The van der Waals surface area contributed by atoms with E-state index in [4.69, 9.17) is 5.26 Å². The van der Waals surface area contributed by atoms with Crippen molar-refractivity contribution in [2.45, 2.75) is 52.4 Å². The summed E-state index contributed by atoms with van der Waals surface area (Å²) in [5.74, 6) is 0.222. The number of phenolic OH excluding ortho intramolecular Hbond substituents is 1. The summed E-state index contributed by atoms with van der Waals surface area (Å²) >= 11 is 0. The first kappa shape index (κ1) is 19.2. The van der Waals surface area contributed by atoms with Crippen molar-refractivity contribution in [2.24, 2.45) is 0 Å². The minimum Gasteiger partial charge on any atom is -0.507 e. The van der Waals surface area contributed by atoms with Gasteiger partial charge in [0.2, 0.25) is 0 Å². The highest BCUT2D eigenvalue weighted by atomic mass is 32.2. The molecule has 0 aliphatic rings. The maximum absolute atomic E-state index is 11.7. The second-order valence-corrected chi connectivity index (χ2v) is 9.84. The van der Waals surface area contributed by atoms with E-state index in [1.54, 1.807) is 18.2 Å². The Kier molecular flexibility index (Phi) is 5.03. The summed E-state index contributed by atoms with van der Waals surface area (Å²) in [6, 6.07) is 5.22. The molecule has 0 amide bonds. The summed E-state index contributed by atoms with van der Waals surface area (Å²) < 4.78 is 23.3. The molecule has 1 N–H and O–H groups in total. The van der Waals surface area contributed by atoms with Gasteiger partial charge in [0.05, 0.1) is 0 Å². The number of aromatic hydroxyl groups is 1. The number of sulfone groups is 1. The van der Waals surface area contributed by atoms with Gasteiger partial charge >= 0.3 is 0 Å². The monoisotopic (exact) mass is 335 g/mol. The van der Waals surface area contributed by atoms with Gasteiger partial charge in [-0.15, -0.1) is 0 Å². The van der Waals surface area contributed by atoms with E-state index in [0.717, 1.165) is 17.4 Å². The fourth-order valence-corrected chi connectivity index (χ4v) is 2.77. The summed E-state index contributed by atoms with van der Waals surface area (Å²) in [5, 5.41) is 19.7. The van der Waals surface area contributed by atoms with Crippen LogP contribution >= 0.6 is 0 Å². The van der Waals surface area contributed by atoms with Crippen LogP contribution in [0.2, 0.25) is 0 Å². The van der Waals surface area contributed by atoms with Gasteiger partial charge in [-0.2, -0.15) is 5.26 Å². The van der Waals surface area contributed by atoms with Crippen LogP contribution < -0.4 is 0 Å². The minimum atomic E-state index is -3.58. The predicted molar refractivity (Wildman–Crippen MR) is 93.9 cm³/mol. The number of allylic oxidation sites excluding steroid dienone is 1. The fraction of sp³-hybridized carbons (Fsp3) is 0.500. The largest absolute Gasteiger partial charge is 0.507 e. The average molecular weight is 335 g/mol. The summed E-state index contributed by atoms with van der Waals surface area (Å²) in [4.78, 5) is -0.289. The third kappa shape index (κ3) is 4.59. The molecule has 126 valence electrons. The quantitative estimate of drug-likeness (QED) is 0.832. The van der Waals surface area contributed by atoms with Crippen molar-refractivity contribution in [1.82, 2.24) is 0 Å². The standard InChI is InChI=1S/C18H25NO3S/c1-17(2,3)14-9-12(8-13(11-19)23(7,21)22)10-15(16(14)20)18(4,5)6/h8-10,20H,1-7H3/b13-8-. The van der Waals surface area contributed by atoms with Crippen molar-refractivity contribution < 1.29 is 13.5 Å². The number of phenols is 1. The van der Waals surface area contributed by atoms with Gasteiger partial charge in [-0.25, -0.2) is 8.42 Å². The first-order valence-corrected chi connectivity index (χ1v) is 9.27. The molecular weight excluding hydrogens is 310 g/mol. The molecule has 1 aromatic carbocycles. The van der Waals surface area contributed by atoms with E-state index in [0.29, 0.717) is 5.56 Å². The highest BCUT2D eigenvalue weighted by Gasteiger charge is 2.26. The fourth-order valence-electron chi connectivity index (χ4n) is 2.26. The minimum absolute atomic E-state index is 0.222. The molecule has 0 bridgehead atoms. The second kappa shape index (κ2) is 6.01. The Morgan fingerprint density at radius 1 is 1.09 bits per heavy atom. The lowest BCUT2D eigenvalue weighted by atomic mass is 9.78. The summed E-state index contributed by atoms with van der Waals surface area (Å²) in [7, 11) is -3.58. The van der Waals surface area contributed by atoms with E-state index in [1.807, 2.05) is 41.5 Å². The molecule has 4 nitrogen and oxygen atoms in total. The van der Waals surface area contributed by atoms with Gasteiger partial charge in [0.25, 0.3) is 0 Å². The zero-order valence-electron chi connectivity index (χ0n) is 14.9. The van der Waals surface area contributed by atoms with E-state index >= 15 is 0 Å². The van der Waals surface area contributed by atoms with E-state index in [1.165, 1.54) is 6.08 Å². The Balaban J connectivity index is 3.78. The SMILES string of the molecule is CC(C)(C)c1cc(/C=C(/C#N)S(C)(=O)=O)cc(C(C)(C)C)c1O. The number of hydrogen-bond donors (Lipinski definition) is 1. The maximum atomic E-state index is 11.7. The molecule has 0 atom stereocenters. The lowest BCUT2D eigenvalue weighted by Gasteiger charge is -2.27. The van der Waals surface area contributed by atoms with Gasteiger partial charge in [-0.1, -0.05) is 41.5 Å². The zero-order chi connectivity index (χ0) is 18.2. The van der Waals surface area contributed by atoms with Crippen LogP contribution in [-0.4, -0.2) is 19.8 Å². The molecule has 0 fully saturated rings. The van der Waals surface area contributed by atoms with Crippen molar-refractivity contribution in [3.8, 4) is 11.8 Å². The van der Waals surface area contributed by atoms with Crippen LogP contribution in [0.25, 0.3) is 6.08 Å².